The molecule has 5 rings (SSSR count). The lowest BCUT2D eigenvalue weighted by Crippen LogP contribution is -2.61. The van der Waals surface area contributed by atoms with Crippen LogP contribution in [0, 0.1) is 11.8 Å². The molecule has 42 nitrogen and oxygen atoms in total. The lowest BCUT2D eigenvalue weighted by atomic mass is 10.00. The third-order valence-corrected chi connectivity index (χ3v) is 20.8. The predicted octanol–water partition coefficient (Wildman–Crippen LogP) is -2.88. The van der Waals surface area contributed by atoms with Crippen LogP contribution >= 0.6 is 0 Å². The molecular weight excluding hydrogens is 1590 g/mol. The van der Waals surface area contributed by atoms with Crippen molar-refractivity contribution in [2.24, 2.45) is 51.2 Å². The number of likely N-dealkylation sites (tertiary alicyclic amines) is 2. The minimum atomic E-state index is -1.95. The van der Waals surface area contributed by atoms with E-state index in [-0.39, 0.29) is 153 Å². The molecule has 2 aliphatic rings. The highest BCUT2D eigenvalue weighted by Gasteiger charge is 2.45. The molecular formula is C80H122N20O22. The molecule has 2 aliphatic heterocycles. The number of aromatic nitrogens is 1. The number of amides is 13. The van der Waals surface area contributed by atoms with E-state index in [9.17, 15) is 87.9 Å². The maximum Gasteiger partial charge on any atom is 0.326 e. The fraction of sp³-hybridized carbons (Fsp3) is 0.600. The predicted molar refractivity (Wildman–Crippen MR) is 442 cm³/mol. The molecule has 13 amide bonds. The fourth-order valence-electron chi connectivity index (χ4n) is 14.4. The molecule has 122 heavy (non-hydrogen) atoms. The molecule has 2 saturated heterocycles. The monoisotopic (exact) mass is 1710 g/mol. The molecule has 674 valence electrons. The van der Waals surface area contributed by atoms with Crippen LogP contribution in [0.15, 0.2) is 59.7 Å². The summed E-state index contributed by atoms with van der Waals surface area (Å²) >= 11 is 0. The van der Waals surface area contributed by atoms with Gasteiger partial charge in [0.25, 0.3) is 0 Å². The molecule has 2 aromatic carbocycles. The summed E-state index contributed by atoms with van der Waals surface area (Å²) in [5.74, 6) is -18.8. The number of aliphatic carboxylic acids is 4. The number of unbranched alkanes of at least 4 members (excludes halogenated alkanes) is 2. The molecule has 0 aliphatic carbocycles. The Morgan fingerprint density at radius 2 is 0.951 bits per heavy atom. The number of carbonyl (C=O) groups is 17. The quantitative estimate of drug-likeness (QED) is 0.0153. The lowest BCUT2D eigenvalue weighted by Gasteiger charge is -2.35. The van der Waals surface area contributed by atoms with Gasteiger partial charge in [-0.3, -0.25) is 81.7 Å². The standard InChI is InChI=1S/C80H122N20O22/c1-43(2)37-55(93-67(109)49(83)26-29-64(103)104)70(112)94-56(39-45-22-24-47(101)25-23-45)71(113)89-51(27-30-65(105)106)68(110)95-58(41-63(84)102)73(115)91-53(17-8-10-32-81)77(119)100-36-14-21-62(100)78(120)98(5)60(19-12-34-87-80(85)86)74(116)92-54(18-9-11-33-82)76(118)99-35-13-20-61(99)75(117)96-57(40-46-42-88-50-16-7-6-15-48(46)50)72(114)90-52(28-31-66(107)108)69(111)97-59(79(121)122)38-44(3)4/h6-7,15-16,22-25,42-44,49,51-62,88,101H,8-14,17-21,26-41,81-83H2,1-5H3,(H2,84,102)(H,89,113)(H,90,114)(H,91,115)(H,92,116)(H,93,109)(H,94,112)(H,95,110)(H,96,117)(H,97,111)(H,103,104)(H,105,106)(H,107,108)(H,121,122)(H4,85,86,87)/t49-,51-,52-,53-,54-,55-,56-,57-,58-,59-,60-,61-,62-/m0/s1. The molecule has 42 heteroatoms. The SMILES string of the molecule is CC(C)C[C@H](NC(=O)[C@H](CCC(=O)O)NC(=O)[C@H](Cc1c[nH]c2ccccc12)NC(=O)[C@@H]1CCCN1C(=O)[C@H](CCCCN)NC(=O)[C@H](CCCN=C(N)N)N(C)C(=O)[C@@H]1CCCN1C(=O)[C@H](CCCCN)NC(=O)[C@H](CC(N)=O)NC(=O)[C@H](CCC(=O)O)NC(=O)[C@H](Cc1ccc(O)cc1)NC(=O)[C@H](CC(C)C)NC(=O)[C@@H](N)CCC(=O)O)C(=O)O. The second-order valence-electron chi connectivity index (χ2n) is 31.5. The maximum atomic E-state index is 15.2. The summed E-state index contributed by atoms with van der Waals surface area (Å²) in [5, 5.41) is 72.3. The Hall–Kier alpha value is -12.1. The lowest BCUT2D eigenvalue weighted by molar-refractivity contribution is -0.149. The summed E-state index contributed by atoms with van der Waals surface area (Å²) in [6.07, 6.45) is -1.91. The van der Waals surface area contributed by atoms with Crippen molar-refractivity contribution in [3.8, 4) is 5.75 Å². The van der Waals surface area contributed by atoms with Crippen LogP contribution in [-0.4, -0.2) is 270 Å². The first-order valence-corrected chi connectivity index (χ1v) is 41.1. The van der Waals surface area contributed by atoms with Gasteiger partial charge in [0, 0.05) is 75.9 Å². The average Bonchev–Trinajstić information content (AvgIpc) is 1.66. The Kier molecular flexibility index (Phi) is 41.4. The van der Waals surface area contributed by atoms with Crippen LogP contribution in [0.1, 0.15) is 174 Å². The Morgan fingerprint density at radius 1 is 0.500 bits per heavy atom. The number of rotatable bonds is 54. The number of aromatic amines is 1. The molecule has 13 atom stereocenters. The van der Waals surface area contributed by atoms with Gasteiger partial charge in [0.1, 0.15) is 78.3 Å². The van der Waals surface area contributed by atoms with Crippen LogP contribution < -0.4 is 82.3 Å². The van der Waals surface area contributed by atoms with Crippen molar-refractivity contribution >= 4 is 118 Å². The molecule has 0 radical (unpaired) electrons. The van der Waals surface area contributed by atoms with Crippen molar-refractivity contribution in [3.05, 3.63) is 65.9 Å². The Morgan fingerprint density at radius 3 is 1.48 bits per heavy atom. The number of fused-ring (bicyclic) bond motifs is 1. The van der Waals surface area contributed by atoms with E-state index in [2.05, 4.69) is 57.8 Å². The Balaban J connectivity index is 1.43. The number of carboxylic acid groups (broad SMARTS) is 4. The van der Waals surface area contributed by atoms with Crippen molar-refractivity contribution in [1.82, 2.24) is 67.5 Å². The Bertz CT molecular complexity index is 4160. The second-order valence-corrected chi connectivity index (χ2v) is 31.5. The first kappa shape index (κ1) is 100. The fourth-order valence-corrected chi connectivity index (χ4v) is 14.4. The smallest absolute Gasteiger partial charge is 0.326 e. The van der Waals surface area contributed by atoms with Gasteiger partial charge in [0.2, 0.25) is 76.8 Å². The van der Waals surface area contributed by atoms with Crippen LogP contribution in [-0.2, 0) is 94.3 Å². The van der Waals surface area contributed by atoms with Gasteiger partial charge >= 0.3 is 23.9 Å². The third-order valence-electron chi connectivity index (χ3n) is 20.8. The van der Waals surface area contributed by atoms with Crippen molar-refractivity contribution in [2.45, 2.75) is 254 Å². The molecule has 0 bridgehead atoms. The summed E-state index contributed by atoms with van der Waals surface area (Å²) in [6.45, 7) is 7.03. The number of phenols is 1. The van der Waals surface area contributed by atoms with Crippen LogP contribution in [0.25, 0.3) is 10.9 Å². The zero-order valence-corrected chi connectivity index (χ0v) is 69.6. The normalized spacial score (nSPS) is 16.5. The highest BCUT2D eigenvalue weighted by atomic mass is 16.4. The highest BCUT2D eigenvalue weighted by Crippen LogP contribution is 2.27. The summed E-state index contributed by atoms with van der Waals surface area (Å²) in [6, 6.07) is -7.23. The van der Waals surface area contributed by atoms with Gasteiger partial charge in [-0.2, -0.15) is 0 Å². The van der Waals surface area contributed by atoms with E-state index in [1.54, 1.807) is 58.2 Å². The minimum Gasteiger partial charge on any atom is -0.508 e. The van der Waals surface area contributed by atoms with Gasteiger partial charge in [-0.05, 0) is 163 Å². The van der Waals surface area contributed by atoms with Crippen LogP contribution in [0.5, 0.6) is 5.75 Å². The topological polar surface area (TPSA) is 694 Å². The van der Waals surface area contributed by atoms with Gasteiger partial charge in [-0.1, -0.05) is 58.0 Å². The van der Waals surface area contributed by atoms with Crippen molar-refractivity contribution < 1.29 is 107 Å². The highest BCUT2D eigenvalue weighted by molar-refractivity contribution is 6.01. The number of nitrogens with zero attached hydrogens (tertiary/aromatic N) is 4. The number of benzene rings is 2. The number of aliphatic imine (C=N–C) groups is 1. The summed E-state index contributed by atoms with van der Waals surface area (Å²) in [7, 11) is 1.30. The molecule has 0 spiro atoms. The number of aromatic hydroxyl groups is 1. The molecule has 27 N–H and O–H groups in total. The van der Waals surface area contributed by atoms with Gasteiger partial charge in [-0.15, -0.1) is 0 Å². The minimum absolute atomic E-state index is 0.00519. The number of primary amides is 1. The number of hydrogen-bond donors (Lipinski definition) is 21. The zero-order valence-electron chi connectivity index (χ0n) is 69.6. The summed E-state index contributed by atoms with van der Waals surface area (Å²) in [4.78, 5) is 246. The van der Waals surface area contributed by atoms with E-state index in [1.807, 2.05) is 0 Å². The third kappa shape index (κ3) is 32.8. The van der Waals surface area contributed by atoms with Crippen molar-refractivity contribution in [1.29, 1.82) is 0 Å². The number of guanidine groups is 1. The molecule has 0 unspecified atom stereocenters. The number of nitrogens with one attached hydrogen (secondary N) is 10. The first-order valence-electron chi connectivity index (χ1n) is 41.1. The first-order chi connectivity index (χ1) is 57.7. The van der Waals surface area contributed by atoms with Crippen molar-refractivity contribution in [3.63, 3.8) is 0 Å². The van der Waals surface area contributed by atoms with E-state index in [0.717, 1.165) is 4.90 Å². The second kappa shape index (κ2) is 50.2. The van der Waals surface area contributed by atoms with E-state index in [0.29, 0.717) is 34.9 Å². The van der Waals surface area contributed by atoms with Gasteiger partial charge in [0.15, 0.2) is 5.96 Å². The molecule has 1 aromatic heterocycles. The zero-order chi connectivity index (χ0) is 90.6. The van der Waals surface area contributed by atoms with E-state index < -0.39 is 218 Å². The van der Waals surface area contributed by atoms with E-state index in [1.165, 1.54) is 41.1 Å². The number of H-pyrrole nitrogens is 1. The van der Waals surface area contributed by atoms with Crippen LogP contribution in [0.2, 0.25) is 0 Å². The number of nitrogens with two attached hydrogens (primary N) is 6. The molecule has 0 saturated carbocycles. The van der Waals surface area contributed by atoms with E-state index in [4.69, 9.17) is 34.4 Å². The number of para-hydroxylation sites is 1. The van der Waals surface area contributed by atoms with Crippen molar-refractivity contribution in [2.75, 3.05) is 39.8 Å². The summed E-state index contributed by atoms with van der Waals surface area (Å²) < 4.78 is 0. The average molecular weight is 1720 g/mol. The number of carboxylic acids is 4. The number of carbonyl (C=O) groups excluding carboxylic acids is 13. The molecule has 3 heterocycles. The van der Waals surface area contributed by atoms with Crippen LogP contribution in [0.4, 0.5) is 0 Å². The number of hydrogen-bond acceptors (Lipinski definition) is 22. The largest absolute Gasteiger partial charge is 0.508 e. The van der Waals surface area contributed by atoms with Gasteiger partial charge in [0.05, 0.1) is 12.5 Å². The molecule has 2 fully saturated rings. The van der Waals surface area contributed by atoms with E-state index >= 15 is 19.2 Å². The van der Waals surface area contributed by atoms with Gasteiger partial charge < -0.3 is 127 Å². The van der Waals surface area contributed by atoms with Gasteiger partial charge in [-0.25, -0.2) is 4.79 Å². The number of phenolic OH excluding ortho intramolecular Hbond substituents is 1. The Labute approximate surface area is 705 Å². The molecule has 3 aromatic rings. The maximum absolute atomic E-state index is 15.2. The van der Waals surface area contributed by atoms with Crippen LogP contribution in [0.3, 0.4) is 0 Å². The summed E-state index contributed by atoms with van der Waals surface area (Å²) in [5.41, 5.74) is 36.3. The number of likely N-dealkylation sites (N-methyl/N-ethyl adjacent to an activating group) is 1.